The summed E-state index contributed by atoms with van der Waals surface area (Å²) >= 11 is 0. The van der Waals surface area contributed by atoms with E-state index in [0.717, 1.165) is 4.90 Å². The molecule has 0 fully saturated rings. The smallest absolute Gasteiger partial charge is 0.293 e. The molecule has 0 radical (unpaired) electrons. The Morgan fingerprint density at radius 3 is 2.31 bits per heavy atom. The Balaban J connectivity index is 1.51. The number of alkyl halides is 3. The van der Waals surface area contributed by atoms with E-state index in [1.54, 1.807) is 29.4 Å². The maximum absolute atomic E-state index is 12.4. The number of fused-ring (bicyclic) bond motifs is 1. The number of aromatic amines is 1. The van der Waals surface area contributed by atoms with Crippen molar-refractivity contribution in [3.05, 3.63) is 41.2 Å². The fourth-order valence-corrected chi connectivity index (χ4v) is 2.47. The molecule has 2 heterocycles. The average molecular weight is 367 g/mol. The van der Waals surface area contributed by atoms with Crippen LogP contribution in [0.5, 0.6) is 0 Å². The molecule has 0 unspecified atom stereocenters. The lowest BCUT2D eigenvalue weighted by molar-refractivity contribution is -0.144. The van der Waals surface area contributed by atoms with E-state index in [0.29, 0.717) is 11.1 Å². The summed E-state index contributed by atoms with van der Waals surface area (Å²) in [6.45, 7) is 0.0154. The van der Waals surface area contributed by atoms with Crippen LogP contribution in [0.25, 0.3) is 0 Å². The zero-order valence-corrected chi connectivity index (χ0v) is 13.1. The molecule has 0 bridgehead atoms. The number of hydrogen-bond acceptors (Lipinski definition) is 5. The zero-order chi connectivity index (χ0) is 18.9. The molecule has 0 spiro atoms. The van der Waals surface area contributed by atoms with Gasteiger partial charge in [0.1, 0.15) is 0 Å². The van der Waals surface area contributed by atoms with Gasteiger partial charge in [-0.05, 0) is 18.6 Å². The number of amides is 3. The van der Waals surface area contributed by atoms with Crippen molar-refractivity contribution in [2.45, 2.75) is 19.0 Å². The van der Waals surface area contributed by atoms with Crippen LogP contribution in [0, 0.1) is 0 Å². The number of rotatable bonds is 5. The van der Waals surface area contributed by atoms with Crippen LogP contribution >= 0.6 is 0 Å². The molecule has 26 heavy (non-hydrogen) atoms. The van der Waals surface area contributed by atoms with E-state index in [-0.39, 0.29) is 19.4 Å². The van der Waals surface area contributed by atoms with E-state index >= 15 is 0 Å². The van der Waals surface area contributed by atoms with Gasteiger partial charge in [0.25, 0.3) is 11.8 Å². The van der Waals surface area contributed by atoms with E-state index in [1.807, 2.05) is 0 Å². The van der Waals surface area contributed by atoms with E-state index in [2.05, 4.69) is 15.4 Å². The fourth-order valence-electron chi connectivity index (χ4n) is 2.47. The summed E-state index contributed by atoms with van der Waals surface area (Å²) in [7, 11) is 0. The molecule has 0 saturated carbocycles. The van der Waals surface area contributed by atoms with Crippen molar-refractivity contribution < 1.29 is 27.6 Å². The van der Waals surface area contributed by atoms with Gasteiger partial charge in [-0.2, -0.15) is 18.2 Å². The molecule has 3 rings (SSSR count). The SMILES string of the molecule is O=C(CCCN1C(=O)c2ccccc2C1=O)Nc1n[nH]c(C(F)(F)F)n1. The number of carbonyl (C=O) groups is 3. The lowest BCUT2D eigenvalue weighted by Gasteiger charge is -2.13. The van der Waals surface area contributed by atoms with Gasteiger partial charge in [0.05, 0.1) is 11.1 Å². The van der Waals surface area contributed by atoms with Crippen molar-refractivity contribution in [1.29, 1.82) is 0 Å². The van der Waals surface area contributed by atoms with Crippen molar-refractivity contribution in [3.8, 4) is 0 Å². The van der Waals surface area contributed by atoms with Crippen LogP contribution in [-0.4, -0.2) is 44.3 Å². The van der Waals surface area contributed by atoms with Crippen molar-refractivity contribution >= 4 is 23.7 Å². The molecule has 136 valence electrons. The molecular formula is C15H12F3N5O3. The second kappa shape index (κ2) is 6.58. The predicted octanol–water partition coefficient (Wildman–Crippen LogP) is 1.84. The van der Waals surface area contributed by atoms with E-state index < -0.39 is 35.7 Å². The molecule has 1 aromatic carbocycles. The minimum atomic E-state index is -4.69. The first-order chi connectivity index (χ1) is 12.3. The van der Waals surface area contributed by atoms with Crippen LogP contribution in [0.4, 0.5) is 19.1 Å². The van der Waals surface area contributed by atoms with Gasteiger partial charge in [-0.1, -0.05) is 12.1 Å². The normalized spacial score (nSPS) is 13.9. The number of carbonyl (C=O) groups excluding carboxylic acids is 3. The average Bonchev–Trinajstić information content (AvgIpc) is 3.14. The molecule has 0 atom stereocenters. The van der Waals surface area contributed by atoms with Gasteiger partial charge in [-0.25, -0.2) is 0 Å². The maximum atomic E-state index is 12.4. The predicted molar refractivity (Wildman–Crippen MR) is 81.1 cm³/mol. The van der Waals surface area contributed by atoms with E-state index in [1.165, 1.54) is 0 Å². The van der Waals surface area contributed by atoms with Gasteiger partial charge >= 0.3 is 6.18 Å². The number of anilines is 1. The van der Waals surface area contributed by atoms with Gasteiger partial charge in [-0.3, -0.25) is 29.7 Å². The molecule has 2 aromatic rings. The molecule has 1 aliphatic heterocycles. The number of hydrogen-bond donors (Lipinski definition) is 2. The summed E-state index contributed by atoms with van der Waals surface area (Å²) < 4.78 is 37.2. The Labute approximate surface area is 144 Å². The zero-order valence-electron chi connectivity index (χ0n) is 13.1. The van der Waals surface area contributed by atoms with Crippen molar-refractivity contribution in [2.24, 2.45) is 0 Å². The molecule has 1 aliphatic rings. The highest BCUT2D eigenvalue weighted by atomic mass is 19.4. The first-order valence-corrected chi connectivity index (χ1v) is 7.52. The third-order valence-electron chi connectivity index (χ3n) is 3.67. The van der Waals surface area contributed by atoms with Crippen LogP contribution in [-0.2, 0) is 11.0 Å². The second-order valence-corrected chi connectivity index (χ2v) is 5.46. The lowest BCUT2D eigenvalue weighted by Crippen LogP contribution is -2.31. The molecule has 1 aromatic heterocycles. The minimum absolute atomic E-state index is 0.0154. The molecule has 0 aliphatic carbocycles. The number of nitrogens with zero attached hydrogens (tertiary/aromatic N) is 3. The van der Waals surface area contributed by atoms with Crippen LogP contribution in [0.15, 0.2) is 24.3 Å². The Hall–Kier alpha value is -3.24. The summed E-state index contributed by atoms with van der Waals surface area (Å²) in [4.78, 5) is 40.2. The number of nitrogens with one attached hydrogen (secondary N) is 2. The summed E-state index contributed by atoms with van der Waals surface area (Å²) in [5.74, 6) is -3.32. The molecular weight excluding hydrogens is 355 g/mol. The van der Waals surface area contributed by atoms with E-state index in [9.17, 15) is 27.6 Å². The van der Waals surface area contributed by atoms with Gasteiger partial charge in [0.15, 0.2) is 0 Å². The highest BCUT2D eigenvalue weighted by Gasteiger charge is 2.36. The summed E-state index contributed by atoms with van der Waals surface area (Å²) in [6.07, 6.45) is -4.67. The van der Waals surface area contributed by atoms with Crippen LogP contribution in [0.2, 0.25) is 0 Å². The molecule has 0 saturated heterocycles. The van der Waals surface area contributed by atoms with Crippen molar-refractivity contribution in [1.82, 2.24) is 20.1 Å². The number of halogens is 3. The number of aromatic nitrogens is 3. The second-order valence-electron chi connectivity index (χ2n) is 5.46. The Bertz CT molecular complexity index is 842. The Kier molecular flexibility index (Phi) is 4.45. The number of H-pyrrole nitrogens is 1. The molecule has 11 heteroatoms. The van der Waals surface area contributed by atoms with Gasteiger partial charge in [-0.15, -0.1) is 5.10 Å². The molecule has 3 amide bonds. The maximum Gasteiger partial charge on any atom is 0.451 e. The summed E-state index contributed by atoms with van der Waals surface area (Å²) in [5.41, 5.74) is 0.615. The topological polar surface area (TPSA) is 108 Å². The number of benzene rings is 1. The van der Waals surface area contributed by atoms with Gasteiger partial charge in [0, 0.05) is 13.0 Å². The van der Waals surface area contributed by atoms with E-state index in [4.69, 9.17) is 0 Å². The lowest BCUT2D eigenvalue weighted by atomic mass is 10.1. The molecule has 8 nitrogen and oxygen atoms in total. The standard InChI is InChI=1S/C15H12F3N5O3/c16-15(17,18)13-20-14(22-21-13)19-10(24)6-3-7-23-11(25)8-4-1-2-5-9(8)12(23)26/h1-2,4-5H,3,6-7H2,(H2,19,20,21,22,24). The van der Waals surface area contributed by atoms with Crippen LogP contribution < -0.4 is 5.32 Å². The Morgan fingerprint density at radius 1 is 1.15 bits per heavy atom. The third kappa shape index (κ3) is 3.41. The largest absolute Gasteiger partial charge is 0.451 e. The van der Waals surface area contributed by atoms with Gasteiger partial charge < -0.3 is 0 Å². The monoisotopic (exact) mass is 367 g/mol. The summed E-state index contributed by atoms with van der Waals surface area (Å²) in [5, 5.41) is 7.05. The first-order valence-electron chi connectivity index (χ1n) is 7.52. The number of imide groups is 1. The van der Waals surface area contributed by atoms with Crippen LogP contribution in [0.1, 0.15) is 39.4 Å². The minimum Gasteiger partial charge on any atom is -0.293 e. The third-order valence-corrected chi connectivity index (χ3v) is 3.67. The Morgan fingerprint density at radius 2 is 1.77 bits per heavy atom. The highest BCUT2D eigenvalue weighted by molar-refractivity contribution is 6.21. The summed E-state index contributed by atoms with van der Waals surface area (Å²) in [6, 6.07) is 6.38. The van der Waals surface area contributed by atoms with Crippen molar-refractivity contribution in [2.75, 3.05) is 11.9 Å². The fraction of sp³-hybridized carbons (Fsp3) is 0.267. The molecule has 2 N–H and O–H groups in total. The van der Waals surface area contributed by atoms with Gasteiger partial charge in [0.2, 0.25) is 17.7 Å². The quantitative estimate of drug-likeness (QED) is 0.784. The first kappa shape index (κ1) is 17.6. The highest BCUT2D eigenvalue weighted by Crippen LogP contribution is 2.26. The van der Waals surface area contributed by atoms with Crippen LogP contribution in [0.3, 0.4) is 0 Å². The van der Waals surface area contributed by atoms with Crippen molar-refractivity contribution in [3.63, 3.8) is 0 Å².